The van der Waals surface area contributed by atoms with Crippen LogP contribution in [0.3, 0.4) is 0 Å². The average molecular weight is 277 g/mol. The second kappa shape index (κ2) is 8.87. The zero-order chi connectivity index (χ0) is 14.2. The van der Waals surface area contributed by atoms with E-state index in [2.05, 4.69) is 24.9 Å². The van der Waals surface area contributed by atoms with E-state index < -0.39 is 0 Å². The maximum absolute atomic E-state index is 2.60. The number of unbranched alkanes of at least 4 members (excludes halogenated alkanes) is 8. The first-order chi connectivity index (χ1) is 9.81. The van der Waals surface area contributed by atoms with Crippen LogP contribution in [0.15, 0.2) is 11.6 Å². The summed E-state index contributed by atoms with van der Waals surface area (Å²) in [7, 11) is 2.31. The third-order valence-corrected chi connectivity index (χ3v) is 5.42. The molecule has 0 amide bonds. The molecule has 0 spiro atoms. The summed E-state index contributed by atoms with van der Waals surface area (Å²) in [6, 6.07) is 1.65. The maximum Gasteiger partial charge on any atom is 0.0281 e. The second-order valence-corrected chi connectivity index (χ2v) is 7.07. The van der Waals surface area contributed by atoms with Crippen molar-refractivity contribution in [1.29, 1.82) is 0 Å². The highest BCUT2D eigenvalue weighted by molar-refractivity contribution is 5.17. The third-order valence-electron chi connectivity index (χ3n) is 5.42. The molecule has 1 nitrogen and oxygen atoms in total. The van der Waals surface area contributed by atoms with Crippen LogP contribution in [0.25, 0.3) is 0 Å². The van der Waals surface area contributed by atoms with Gasteiger partial charge in [-0.1, -0.05) is 69.9 Å². The smallest absolute Gasteiger partial charge is 0.0281 e. The van der Waals surface area contributed by atoms with Gasteiger partial charge in [0.25, 0.3) is 0 Å². The Morgan fingerprint density at radius 3 is 2.25 bits per heavy atom. The number of likely N-dealkylation sites (N-methyl/N-ethyl adjacent to an activating group) is 1. The Labute approximate surface area is 126 Å². The first kappa shape index (κ1) is 16.1. The molecule has 1 heteroatoms. The predicted octanol–water partition coefficient (Wildman–Crippen LogP) is 5.70. The summed E-state index contributed by atoms with van der Waals surface area (Å²) in [5, 5.41) is 0. The van der Waals surface area contributed by atoms with Crippen molar-refractivity contribution in [2.24, 2.45) is 0 Å². The van der Waals surface area contributed by atoms with Crippen LogP contribution >= 0.6 is 0 Å². The predicted molar refractivity (Wildman–Crippen MR) is 89.1 cm³/mol. The molecule has 1 saturated heterocycles. The minimum atomic E-state index is 0.780. The van der Waals surface area contributed by atoms with Gasteiger partial charge in [0.05, 0.1) is 0 Å². The van der Waals surface area contributed by atoms with Gasteiger partial charge in [0, 0.05) is 12.1 Å². The minimum Gasteiger partial charge on any atom is -0.297 e. The van der Waals surface area contributed by atoms with E-state index in [9.17, 15) is 0 Å². The fourth-order valence-corrected chi connectivity index (χ4v) is 3.98. The molecule has 2 heterocycles. The Morgan fingerprint density at radius 2 is 1.60 bits per heavy atom. The molecule has 0 aliphatic carbocycles. The highest BCUT2D eigenvalue weighted by atomic mass is 15.2. The molecule has 0 aromatic carbocycles. The summed E-state index contributed by atoms with van der Waals surface area (Å²) >= 11 is 0. The van der Waals surface area contributed by atoms with Crippen molar-refractivity contribution in [2.45, 2.75) is 102 Å². The number of hydrogen-bond acceptors (Lipinski definition) is 1. The monoisotopic (exact) mass is 277 g/mol. The standard InChI is InChI=1S/C19H35N/c1-3-4-5-6-7-8-9-10-11-12-17-15-18-13-14-19(16-17)20(18)2/h15,18-19H,3-14,16H2,1-2H3. The zero-order valence-electron chi connectivity index (χ0n) is 13.9. The molecule has 0 radical (unpaired) electrons. The van der Waals surface area contributed by atoms with Gasteiger partial charge in [-0.2, -0.15) is 0 Å². The van der Waals surface area contributed by atoms with Gasteiger partial charge in [0.2, 0.25) is 0 Å². The number of fused-ring (bicyclic) bond motifs is 2. The Kier molecular flexibility index (Phi) is 7.13. The molecule has 2 bridgehead atoms. The van der Waals surface area contributed by atoms with Crippen molar-refractivity contribution in [3.8, 4) is 0 Å². The van der Waals surface area contributed by atoms with Gasteiger partial charge in [-0.05, 0) is 39.2 Å². The molecule has 0 saturated carbocycles. The van der Waals surface area contributed by atoms with Gasteiger partial charge in [-0.3, -0.25) is 4.90 Å². The molecule has 0 aromatic heterocycles. The van der Waals surface area contributed by atoms with Crippen LogP contribution in [-0.4, -0.2) is 24.0 Å². The molecule has 0 aromatic rings. The highest BCUT2D eigenvalue weighted by Gasteiger charge is 2.33. The van der Waals surface area contributed by atoms with Gasteiger partial charge in [-0.15, -0.1) is 0 Å². The number of nitrogens with zero attached hydrogens (tertiary/aromatic N) is 1. The Balaban J connectivity index is 1.47. The molecule has 2 rings (SSSR count). The topological polar surface area (TPSA) is 3.24 Å². The lowest BCUT2D eigenvalue weighted by molar-refractivity contribution is 0.252. The Bertz CT molecular complexity index is 294. The maximum atomic E-state index is 2.60. The van der Waals surface area contributed by atoms with Crippen LogP contribution in [0.1, 0.15) is 90.4 Å². The van der Waals surface area contributed by atoms with E-state index in [1.54, 1.807) is 5.57 Å². The van der Waals surface area contributed by atoms with Gasteiger partial charge >= 0.3 is 0 Å². The Morgan fingerprint density at radius 1 is 0.950 bits per heavy atom. The van der Waals surface area contributed by atoms with Gasteiger partial charge in [0.15, 0.2) is 0 Å². The first-order valence-corrected chi connectivity index (χ1v) is 9.22. The van der Waals surface area contributed by atoms with Crippen LogP contribution in [0.5, 0.6) is 0 Å². The summed E-state index contributed by atoms with van der Waals surface area (Å²) in [6.45, 7) is 2.30. The van der Waals surface area contributed by atoms with Crippen LogP contribution in [0, 0.1) is 0 Å². The van der Waals surface area contributed by atoms with Gasteiger partial charge < -0.3 is 0 Å². The normalized spacial score (nSPS) is 26.0. The van der Waals surface area contributed by atoms with Crippen LogP contribution in [-0.2, 0) is 0 Å². The SMILES string of the molecule is CCCCCCCCCCCC1=CC2CCC(C1)N2C. The Hall–Kier alpha value is -0.300. The second-order valence-electron chi connectivity index (χ2n) is 7.07. The molecule has 2 aliphatic rings. The average Bonchev–Trinajstić information content (AvgIpc) is 2.67. The quantitative estimate of drug-likeness (QED) is 0.366. The van der Waals surface area contributed by atoms with Crippen LogP contribution in [0.4, 0.5) is 0 Å². The van der Waals surface area contributed by atoms with Crippen molar-refractivity contribution in [2.75, 3.05) is 7.05 Å². The number of rotatable bonds is 10. The molecule has 1 fully saturated rings. The minimum absolute atomic E-state index is 0.780. The van der Waals surface area contributed by atoms with E-state index in [4.69, 9.17) is 0 Å². The van der Waals surface area contributed by atoms with Crippen molar-refractivity contribution >= 4 is 0 Å². The first-order valence-electron chi connectivity index (χ1n) is 9.22. The van der Waals surface area contributed by atoms with Crippen LogP contribution < -0.4 is 0 Å². The molecular formula is C19H35N. The van der Waals surface area contributed by atoms with E-state index in [-0.39, 0.29) is 0 Å². The van der Waals surface area contributed by atoms with Crippen molar-refractivity contribution in [3.05, 3.63) is 11.6 Å². The van der Waals surface area contributed by atoms with E-state index in [1.165, 1.54) is 83.5 Å². The molecule has 2 atom stereocenters. The summed E-state index contributed by atoms with van der Waals surface area (Å²) in [5.74, 6) is 0. The third kappa shape index (κ3) is 4.91. The van der Waals surface area contributed by atoms with Crippen molar-refractivity contribution in [3.63, 3.8) is 0 Å². The van der Waals surface area contributed by atoms with Crippen molar-refractivity contribution < 1.29 is 0 Å². The molecule has 20 heavy (non-hydrogen) atoms. The fourth-order valence-electron chi connectivity index (χ4n) is 3.98. The fraction of sp³-hybridized carbons (Fsp3) is 0.895. The van der Waals surface area contributed by atoms with E-state index in [0.717, 1.165) is 12.1 Å². The van der Waals surface area contributed by atoms with E-state index >= 15 is 0 Å². The molecular weight excluding hydrogens is 242 g/mol. The number of hydrogen-bond donors (Lipinski definition) is 0. The zero-order valence-corrected chi connectivity index (χ0v) is 13.9. The molecule has 2 unspecified atom stereocenters. The summed E-state index contributed by atoms with van der Waals surface area (Å²) in [5.41, 5.74) is 1.78. The summed E-state index contributed by atoms with van der Waals surface area (Å²) in [4.78, 5) is 2.60. The lowest BCUT2D eigenvalue weighted by Crippen LogP contribution is -2.34. The van der Waals surface area contributed by atoms with Crippen molar-refractivity contribution in [1.82, 2.24) is 4.90 Å². The lowest BCUT2D eigenvalue weighted by atomic mass is 9.96. The molecule has 0 N–H and O–H groups in total. The molecule has 116 valence electrons. The van der Waals surface area contributed by atoms with Crippen LogP contribution in [0.2, 0.25) is 0 Å². The van der Waals surface area contributed by atoms with E-state index in [1.807, 2.05) is 0 Å². The summed E-state index contributed by atoms with van der Waals surface area (Å²) in [6.07, 6.45) is 21.2. The molecule has 2 aliphatic heterocycles. The van der Waals surface area contributed by atoms with Gasteiger partial charge in [-0.25, -0.2) is 0 Å². The van der Waals surface area contributed by atoms with Gasteiger partial charge in [0.1, 0.15) is 0 Å². The largest absolute Gasteiger partial charge is 0.297 e. The highest BCUT2D eigenvalue weighted by Crippen LogP contribution is 2.34. The van der Waals surface area contributed by atoms with E-state index in [0.29, 0.717) is 0 Å². The summed E-state index contributed by atoms with van der Waals surface area (Å²) < 4.78 is 0. The lowest BCUT2D eigenvalue weighted by Gasteiger charge is -2.30.